The minimum absolute atomic E-state index is 0.112. The smallest absolute Gasteiger partial charge is 0.251 e. The Hall–Kier alpha value is -2.89. The van der Waals surface area contributed by atoms with Gasteiger partial charge in [-0.2, -0.15) is 5.10 Å². The first-order chi connectivity index (χ1) is 11.7. The number of fused-ring (bicyclic) bond motifs is 1. The molecule has 1 fully saturated rings. The van der Waals surface area contributed by atoms with Gasteiger partial charge in [-0.1, -0.05) is 12.1 Å². The predicted octanol–water partition coefficient (Wildman–Crippen LogP) is 2.64. The van der Waals surface area contributed by atoms with Crippen LogP contribution in [0.1, 0.15) is 34.9 Å². The number of amides is 1. The van der Waals surface area contributed by atoms with Gasteiger partial charge in [0.05, 0.1) is 12.8 Å². The molecule has 2 heterocycles. The van der Waals surface area contributed by atoms with Gasteiger partial charge in [0.15, 0.2) is 17.2 Å². The van der Waals surface area contributed by atoms with Crippen LogP contribution in [0.4, 0.5) is 0 Å². The summed E-state index contributed by atoms with van der Waals surface area (Å²) in [5.74, 6) is 1.90. The molecule has 4 rings (SSSR count). The van der Waals surface area contributed by atoms with Gasteiger partial charge in [-0.15, -0.1) is 0 Å². The molecule has 1 saturated carbocycles. The summed E-state index contributed by atoms with van der Waals surface area (Å²) in [6.07, 6.45) is 2.28. The van der Waals surface area contributed by atoms with E-state index in [2.05, 4.69) is 15.4 Å². The Kier molecular flexibility index (Phi) is 3.45. The second-order valence-corrected chi connectivity index (χ2v) is 5.93. The second-order valence-electron chi connectivity index (χ2n) is 5.93. The Morgan fingerprint density at radius 2 is 2.12 bits per heavy atom. The molecule has 0 spiro atoms. The van der Waals surface area contributed by atoms with Crippen LogP contribution in [-0.2, 0) is 0 Å². The number of hydrogen-bond donors (Lipinski definition) is 1. The fraction of sp³-hybridized carbons (Fsp3) is 0.278. The molecule has 24 heavy (non-hydrogen) atoms. The zero-order chi connectivity index (χ0) is 16.7. The van der Waals surface area contributed by atoms with Crippen molar-refractivity contribution < 1.29 is 9.53 Å². The number of nitrogens with zero attached hydrogens (tertiary/aromatic N) is 3. The fourth-order valence-corrected chi connectivity index (χ4v) is 2.81. The lowest BCUT2D eigenvalue weighted by Crippen LogP contribution is -2.17. The molecular formula is C18H18N4O2. The molecule has 0 saturated heterocycles. The van der Waals surface area contributed by atoms with Crippen molar-refractivity contribution in [2.24, 2.45) is 0 Å². The van der Waals surface area contributed by atoms with E-state index in [-0.39, 0.29) is 5.91 Å². The van der Waals surface area contributed by atoms with Crippen LogP contribution >= 0.6 is 0 Å². The summed E-state index contributed by atoms with van der Waals surface area (Å²) in [6, 6.07) is 11.3. The van der Waals surface area contributed by atoms with Crippen LogP contribution in [0.2, 0.25) is 0 Å². The number of aromatic nitrogens is 3. The Labute approximate surface area is 139 Å². The molecule has 3 aromatic rings. The van der Waals surface area contributed by atoms with Crippen molar-refractivity contribution in [3.05, 3.63) is 47.8 Å². The first kappa shape index (κ1) is 14.7. The standard InChI is InChI=1S/C18H18N4O2/c1-19-18(23)13-5-3-4-12(10-13)14-8-9-15(24-2)17-20-16(11-6-7-11)21-22(14)17/h3-5,8-11H,6-7H2,1-2H3,(H,19,23). The minimum atomic E-state index is -0.112. The van der Waals surface area contributed by atoms with Gasteiger partial charge in [0, 0.05) is 24.1 Å². The van der Waals surface area contributed by atoms with Crippen molar-refractivity contribution in [1.29, 1.82) is 0 Å². The van der Waals surface area contributed by atoms with Crippen LogP contribution in [0.25, 0.3) is 16.9 Å². The summed E-state index contributed by atoms with van der Waals surface area (Å²) in [5, 5.41) is 7.33. The van der Waals surface area contributed by atoms with Crippen molar-refractivity contribution >= 4 is 11.6 Å². The fourth-order valence-electron chi connectivity index (χ4n) is 2.81. The van der Waals surface area contributed by atoms with E-state index in [0.29, 0.717) is 22.9 Å². The maximum absolute atomic E-state index is 11.9. The maximum atomic E-state index is 11.9. The highest BCUT2D eigenvalue weighted by Gasteiger charge is 2.29. The highest BCUT2D eigenvalue weighted by atomic mass is 16.5. The molecule has 0 unspecified atom stereocenters. The Bertz CT molecular complexity index is 928. The summed E-state index contributed by atoms with van der Waals surface area (Å²) in [4.78, 5) is 16.5. The van der Waals surface area contributed by atoms with E-state index in [1.807, 2.05) is 34.8 Å². The molecule has 1 amide bonds. The molecule has 0 bridgehead atoms. The van der Waals surface area contributed by atoms with E-state index in [1.54, 1.807) is 20.2 Å². The van der Waals surface area contributed by atoms with Gasteiger partial charge in [-0.05, 0) is 37.1 Å². The second kappa shape index (κ2) is 5.63. The average Bonchev–Trinajstić information content (AvgIpc) is 3.38. The molecule has 1 N–H and O–H groups in total. The average molecular weight is 322 g/mol. The van der Waals surface area contributed by atoms with Crippen molar-refractivity contribution in [2.45, 2.75) is 18.8 Å². The molecule has 6 nitrogen and oxygen atoms in total. The number of carbonyl (C=O) groups is 1. The van der Waals surface area contributed by atoms with Crippen LogP contribution < -0.4 is 10.1 Å². The Morgan fingerprint density at radius 3 is 2.83 bits per heavy atom. The SMILES string of the molecule is CNC(=O)c1cccc(-c2ccc(OC)c3nc(C4CC4)nn23)c1. The lowest BCUT2D eigenvalue weighted by molar-refractivity contribution is 0.0963. The summed E-state index contributed by atoms with van der Waals surface area (Å²) in [5.41, 5.74) is 3.12. The van der Waals surface area contributed by atoms with Crippen molar-refractivity contribution in [2.75, 3.05) is 14.2 Å². The molecular weight excluding hydrogens is 304 g/mol. The zero-order valence-corrected chi connectivity index (χ0v) is 13.6. The number of hydrogen-bond acceptors (Lipinski definition) is 4. The quantitative estimate of drug-likeness (QED) is 0.802. The van der Waals surface area contributed by atoms with Gasteiger partial charge in [0.2, 0.25) is 0 Å². The maximum Gasteiger partial charge on any atom is 0.251 e. The summed E-state index contributed by atoms with van der Waals surface area (Å²) < 4.78 is 7.24. The highest BCUT2D eigenvalue weighted by molar-refractivity contribution is 5.95. The third kappa shape index (κ3) is 2.40. The number of benzene rings is 1. The summed E-state index contributed by atoms with van der Waals surface area (Å²) in [7, 11) is 3.26. The highest BCUT2D eigenvalue weighted by Crippen LogP contribution is 2.39. The lowest BCUT2D eigenvalue weighted by atomic mass is 10.1. The number of nitrogens with one attached hydrogen (secondary N) is 1. The van der Waals surface area contributed by atoms with E-state index in [9.17, 15) is 4.79 Å². The lowest BCUT2D eigenvalue weighted by Gasteiger charge is -2.08. The van der Waals surface area contributed by atoms with Crippen molar-refractivity contribution in [1.82, 2.24) is 19.9 Å². The number of methoxy groups -OCH3 is 1. The largest absolute Gasteiger partial charge is 0.493 e. The van der Waals surface area contributed by atoms with Crippen LogP contribution in [0.15, 0.2) is 36.4 Å². The summed E-state index contributed by atoms with van der Waals surface area (Å²) >= 11 is 0. The third-order valence-corrected chi connectivity index (χ3v) is 4.27. The van der Waals surface area contributed by atoms with Crippen LogP contribution in [0, 0.1) is 0 Å². The van der Waals surface area contributed by atoms with E-state index in [1.165, 1.54) is 0 Å². The van der Waals surface area contributed by atoms with Gasteiger partial charge < -0.3 is 10.1 Å². The van der Waals surface area contributed by atoms with E-state index < -0.39 is 0 Å². The first-order valence-electron chi connectivity index (χ1n) is 7.97. The minimum Gasteiger partial charge on any atom is -0.493 e. The normalized spacial score (nSPS) is 13.9. The molecule has 1 aromatic carbocycles. The van der Waals surface area contributed by atoms with E-state index in [4.69, 9.17) is 4.74 Å². The van der Waals surface area contributed by atoms with Crippen molar-refractivity contribution in [3.63, 3.8) is 0 Å². The topological polar surface area (TPSA) is 68.5 Å². The van der Waals surface area contributed by atoms with Crippen LogP contribution in [-0.4, -0.2) is 34.7 Å². The molecule has 1 aliphatic carbocycles. The molecule has 0 aliphatic heterocycles. The predicted molar refractivity (Wildman–Crippen MR) is 90.3 cm³/mol. The Morgan fingerprint density at radius 1 is 1.29 bits per heavy atom. The van der Waals surface area contributed by atoms with Gasteiger partial charge in [-0.25, -0.2) is 9.50 Å². The molecule has 6 heteroatoms. The van der Waals surface area contributed by atoms with Gasteiger partial charge in [-0.3, -0.25) is 4.79 Å². The van der Waals surface area contributed by atoms with E-state index in [0.717, 1.165) is 29.9 Å². The van der Waals surface area contributed by atoms with Gasteiger partial charge >= 0.3 is 0 Å². The summed E-state index contributed by atoms with van der Waals surface area (Å²) in [6.45, 7) is 0. The number of ether oxygens (including phenoxy) is 1. The number of rotatable bonds is 4. The zero-order valence-electron chi connectivity index (χ0n) is 13.6. The number of carbonyl (C=O) groups excluding carboxylic acids is 1. The molecule has 2 aromatic heterocycles. The number of pyridine rings is 1. The van der Waals surface area contributed by atoms with Crippen molar-refractivity contribution in [3.8, 4) is 17.0 Å². The monoisotopic (exact) mass is 322 g/mol. The first-order valence-corrected chi connectivity index (χ1v) is 7.97. The van der Waals surface area contributed by atoms with Crippen LogP contribution in [0.5, 0.6) is 5.75 Å². The molecule has 0 atom stereocenters. The molecule has 122 valence electrons. The van der Waals surface area contributed by atoms with Gasteiger partial charge in [0.1, 0.15) is 0 Å². The molecule has 0 radical (unpaired) electrons. The third-order valence-electron chi connectivity index (χ3n) is 4.27. The van der Waals surface area contributed by atoms with Crippen LogP contribution in [0.3, 0.4) is 0 Å². The molecule has 1 aliphatic rings. The Balaban J connectivity index is 1.89. The van der Waals surface area contributed by atoms with Gasteiger partial charge in [0.25, 0.3) is 5.91 Å². The van der Waals surface area contributed by atoms with E-state index >= 15 is 0 Å².